The highest BCUT2D eigenvalue weighted by Crippen LogP contribution is 2.18. The summed E-state index contributed by atoms with van der Waals surface area (Å²) in [5.74, 6) is 0.416. The lowest BCUT2D eigenvalue weighted by atomic mass is 10.1. The molecular weight excluding hydrogens is 362 g/mol. The van der Waals surface area contributed by atoms with E-state index in [1.807, 2.05) is 34.1 Å². The minimum atomic E-state index is 0.186. The number of piperazine rings is 1. The zero-order valence-electron chi connectivity index (χ0n) is 16.0. The first-order valence-electron chi connectivity index (χ1n) is 10.1. The second kappa shape index (κ2) is 10.1. The summed E-state index contributed by atoms with van der Waals surface area (Å²) in [5.41, 5.74) is 1.10. The van der Waals surface area contributed by atoms with Crippen LogP contribution in [0.15, 0.2) is 24.3 Å². The van der Waals surface area contributed by atoms with Crippen molar-refractivity contribution in [2.75, 3.05) is 45.8 Å². The predicted octanol–water partition coefficient (Wildman–Crippen LogP) is 2.82. The fourth-order valence-electron chi connectivity index (χ4n) is 3.91. The topological polar surface area (TPSA) is 43.9 Å². The number of likely N-dealkylation sites (tertiary alicyclic amines) is 1. The van der Waals surface area contributed by atoms with Crippen LogP contribution in [-0.2, 0) is 16.0 Å². The first-order valence-corrected chi connectivity index (χ1v) is 10.5. The third-order valence-electron chi connectivity index (χ3n) is 5.62. The lowest BCUT2D eigenvalue weighted by Gasteiger charge is -2.35. The summed E-state index contributed by atoms with van der Waals surface area (Å²) in [6.07, 6.45) is 5.27. The number of benzene rings is 1. The average Bonchev–Trinajstić information content (AvgIpc) is 3.21. The molecule has 2 saturated heterocycles. The largest absolute Gasteiger partial charge is 0.339 e. The van der Waals surface area contributed by atoms with Crippen LogP contribution in [-0.4, -0.2) is 72.3 Å². The van der Waals surface area contributed by atoms with E-state index in [0.717, 1.165) is 43.1 Å². The molecule has 2 amide bonds. The molecule has 0 saturated carbocycles. The van der Waals surface area contributed by atoms with Crippen molar-refractivity contribution in [3.8, 4) is 0 Å². The highest BCUT2D eigenvalue weighted by atomic mass is 35.5. The van der Waals surface area contributed by atoms with E-state index in [9.17, 15) is 9.59 Å². The zero-order valence-corrected chi connectivity index (χ0v) is 16.8. The molecule has 0 aliphatic carbocycles. The molecule has 2 aliphatic heterocycles. The summed E-state index contributed by atoms with van der Waals surface area (Å²) in [5, 5.41) is 0.769. The zero-order chi connectivity index (χ0) is 19.1. The maximum absolute atomic E-state index is 12.4. The standard InChI is InChI=1S/C21H30ClN3O2/c22-19-8-2-1-6-18(19)7-5-9-20(26)24-14-16-25(17-15-24)21(27)10-13-23-11-3-4-12-23/h1-2,6,8H,3-5,7,9-17H2. The quantitative estimate of drug-likeness (QED) is 0.717. The minimum Gasteiger partial charge on any atom is -0.339 e. The molecule has 0 unspecified atom stereocenters. The normalized spacial score (nSPS) is 18.1. The van der Waals surface area contributed by atoms with Crippen LogP contribution in [0, 0.1) is 0 Å². The van der Waals surface area contributed by atoms with Gasteiger partial charge in [-0.2, -0.15) is 0 Å². The number of aryl methyl sites for hydroxylation is 1. The molecule has 2 aliphatic rings. The Labute approximate surface area is 167 Å². The molecule has 2 fully saturated rings. The Kier molecular flexibility index (Phi) is 7.53. The molecule has 0 radical (unpaired) electrons. The number of amides is 2. The van der Waals surface area contributed by atoms with Gasteiger partial charge in [-0.05, 0) is 50.4 Å². The Balaban J connectivity index is 1.33. The fraction of sp³-hybridized carbons (Fsp3) is 0.619. The Morgan fingerprint density at radius 3 is 2.07 bits per heavy atom. The van der Waals surface area contributed by atoms with Gasteiger partial charge in [-0.1, -0.05) is 29.8 Å². The number of rotatable bonds is 7. The first-order chi connectivity index (χ1) is 13.1. The van der Waals surface area contributed by atoms with Crippen LogP contribution in [0.2, 0.25) is 5.02 Å². The van der Waals surface area contributed by atoms with Gasteiger partial charge in [0.05, 0.1) is 0 Å². The molecule has 0 N–H and O–H groups in total. The summed E-state index contributed by atoms with van der Waals surface area (Å²) >= 11 is 6.17. The Morgan fingerprint density at radius 2 is 1.44 bits per heavy atom. The molecule has 0 bridgehead atoms. The Hall–Kier alpha value is -1.59. The van der Waals surface area contributed by atoms with E-state index in [4.69, 9.17) is 11.6 Å². The molecular formula is C21H30ClN3O2. The van der Waals surface area contributed by atoms with Gasteiger partial charge in [0.2, 0.25) is 11.8 Å². The van der Waals surface area contributed by atoms with Crippen LogP contribution >= 0.6 is 11.6 Å². The van der Waals surface area contributed by atoms with Gasteiger partial charge in [-0.15, -0.1) is 0 Å². The summed E-state index contributed by atoms with van der Waals surface area (Å²) in [7, 11) is 0. The molecule has 0 spiro atoms. The molecule has 2 heterocycles. The number of hydrogen-bond donors (Lipinski definition) is 0. The molecule has 0 aromatic heterocycles. The van der Waals surface area contributed by atoms with Crippen molar-refractivity contribution in [1.29, 1.82) is 0 Å². The molecule has 1 aromatic carbocycles. The number of halogens is 1. The van der Waals surface area contributed by atoms with E-state index in [1.54, 1.807) is 0 Å². The van der Waals surface area contributed by atoms with E-state index in [0.29, 0.717) is 39.0 Å². The average molecular weight is 392 g/mol. The van der Waals surface area contributed by atoms with Gasteiger partial charge >= 0.3 is 0 Å². The maximum atomic E-state index is 12.4. The third-order valence-corrected chi connectivity index (χ3v) is 5.99. The van der Waals surface area contributed by atoms with E-state index in [1.165, 1.54) is 12.8 Å². The van der Waals surface area contributed by atoms with Crippen molar-refractivity contribution in [1.82, 2.24) is 14.7 Å². The lowest BCUT2D eigenvalue weighted by Crippen LogP contribution is -2.51. The van der Waals surface area contributed by atoms with Gasteiger partial charge in [0.25, 0.3) is 0 Å². The van der Waals surface area contributed by atoms with Gasteiger partial charge in [-0.25, -0.2) is 0 Å². The molecule has 148 valence electrons. The van der Waals surface area contributed by atoms with Crippen LogP contribution in [0.3, 0.4) is 0 Å². The SMILES string of the molecule is O=C(CCCc1ccccc1Cl)N1CCN(C(=O)CCN2CCCC2)CC1. The number of carbonyl (C=O) groups excluding carboxylic acids is 2. The van der Waals surface area contributed by atoms with Gasteiger partial charge in [0.15, 0.2) is 0 Å². The van der Waals surface area contributed by atoms with Crippen LogP contribution < -0.4 is 0 Å². The lowest BCUT2D eigenvalue weighted by molar-refractivity contribution is -0.139. The van der Waals surface area contributed by atoms with Crippen molar-refractivity contribution in [2.45, 2.75) is 38.5 Å². The van der Waals surface area contributed by atoms with Gasteiger partial charge < -0.3 is 14.7 Å². The molecule has 6 heteroatoms. The smallest absolute Gasteiger partial charge is 0.223 e. The molecule has 3 rings (SSSR count). The second-order valence-electron chi connectivity index (χ2n) is 7.51. The van der Waals surface area contributed by atoms with Crippen LogP contribution in [0.25, 0.3) is 0 Å². The summed E-state index contributed by atoms with van der Waals surface area (Å²) in [4.78, 5) is 31.0. The van der Waals surface area contributed by atoms with Crippen molar-refractivity contribution in [3.63, 3.8) is 0 Å². The third kappa shape index (κ3) is 5.94. The van der Waals surface area contributed by atoms with Gasteiger partial charge in [0.1, 0.15) is 0 Å². The van der Waals surface area contributed by atoms with E-state index in [-0.39, 0.29) is 11.8 Å². The van der Waals surface area contributed by atoms with E-state index >= 15 is 0 Å². The first kappa shape index (κ1) is 20.2. The summed E-state index contributed by atoms with van der Waals surface area (Å²) < 4.78 is 0. The van der Waals surface area contributed by atoms with Crippen molar-refractivity contribution < 1.29 is 9.59 Å². The van der Waals surface area contributed by atoms with Crippen LogP contribution in [0.4, 0.5) is 0 Å². The number of nitrogens with zero attached hydrogens (tertiary/aromatic N) is 3. The van der Waals surface area contributed by atoms with Crippen molar-refractivity contribution in [3.05, 3.63) is 34.9 Å². The van der Waals surface area contributed by atoms with E-state index in [2.05, 4.69) is 4.90 Å². The minimum absolute atomic E-state index is 0.186. The number of carbonyl (C=O) groups is 2. The summed E-state index contributed by atoms with van der Waals surface area (Å²) in [6.45, 7) is 5.76. The molecule has 1 aromatic rings. The Morgan fingerprint density at radius 1 is 0.852 bits per heavy atom. The van der Waals surface area contributed by atoms with Gasteiger partial charge in [-0.3, -0.25) is 9.59 Å². The summed E-state index contributed by atoms with van der Waals surface area (Å²) in [6, 6.07) is 7.80. The van der Waals surface area contributed by atoms with E-state index < -0.39 is 0 Å². The number of hydrogen-bond acceptors (Lipinski definition) is 3. The second-order valence-corrected chi connectivity index (χ2v) is 7.91. The molecule has 27 heavy (non-hydrogen) atoms. The Bertz CT molecular complexity index is 638. The van der Waals surface area contributed by atoms with Crippen LogP contribution in [0.5, 0.6) is 0 Å². The fourth-order valence-corrected chi connectivity index (χ4v) is 4.14. The van der Waals surface area contributed by atoms with Crippen molar-refractivity contribution >= 4 is 23.4 Å². The molecule has 5 nitrogen and oxygen atoms in total. The monoisotopic (exact) mass is 391 g/mol. The highest BCUT2D eigenvalue weighted by molar-refractivity contribution is 6.31. The van der Waals surface area contributed by atoms with Crippen molar-refractivity contribution in [2.24, 2.45) is 0 Å². The molecule has 0 atom stereocenters. The predicted molar refractivity (Wildman–Crippen MR) is 108 cm³/mol. The highest BCUT2D eigenvalue weighted by Gasteiger charge is 2.24. The van der Waals surface area contributed by atoms with Gasteiger partial charge in [0, 0.05) is 50.6 Å². The van der Waals surface area contributed by atoms with Crippen LogP contribution in [0.1, 0.15) is 37.7 Å². The maximum Gasteiger partial charge on any atom is 0.223 e.